The lowest BCUT2D eigenvalue weighted by atomic mass is 10.0. The van der Waals surface area contributed by atoms with E-state index < -0.39 is 0 Å². The van der Waals surface area contributed by atoms with E-state index in [0.717, 1.165) is 41.5 Å². The van der Waals surface area contributed by atoms with Gasteiger partial charge in [0.25, 0.3) is 0 Å². The molecule has 0 spiro atoms. The summed E-state index contributed by atoms with van der Waals surface area (Å²) < 4.78 is 5.76. The second-order valence-electron chi connectivity index (χ2n) is 6.72. The summed E-state index contributed by atoms with van der Waals surface area (Å²) in [6.45, 7) is 3.52. The van der Waals surface area contributed by atoms with Gasteiger partial charge in [0.1, 0.15) is 12.4 Å². The molecule has 2 aliphatic rings. The molecular weight excluding hydrogens is 350 g/mol. The highest BCUT2D eigenvalue weighted by Gasteiger charge is 2.26. The number of benzene rings is 2. The molecule has 0 bridgehead atoms. The zero-order chi connectivity index (χ0) is 17.9. The predicted molar refractivity (Wildman–Crippen MR) is 103 cm³/mol. The van der Waals surface area contributed by atoms with Gasteiger partial charge in [-0.05, 0) is 36.2 Å². The topological polar surface area (TPSA) is 44.8 Å². The number of urea groups is 1. The van der Waals surface area contributed by atoms with Crippen molar-refractivity contribution in [2.75, 3.05) is 37.7 Å². The molecule has 0 saturated carbocycles. The van der Waals surface area contributed by atoms with E-state index in [2.05, 4.69) is 22.3 Å². The molecule has 5 nitrogen and oxygen atoms in total. The molecule has 0 aromatic heterocycles. The molecule has 0 unspecified atom stereocenters. The lowest BCUT2D eigenvalue weighted by molar-refractivity contribution is 0.178. The molecule has 26 heavy (non-hydrogen) atoms. The molecule has 6 heteroatoms. The molecule has 136 valence electrons. The maximum atomic E-state index is 12.6. The van der Waals surface area contributed by atoms with Crippen LogP contribution < -0.4 is 15.0 Å². The highest BCUT2D eigenvalue weighted by molar-refractivity contribution is 6.30. The minimum absolute atomic E-state index is 0.0104. The molecule has 0 radical (unpaired) electrons. The second kappa shape index (κ2) is 7.46. The highest BCUT2D eigenvalue weighted by Crippen LogP contribution is 2.24. The number of amides is 2. The van der Waals surface area contributed by atoms with Crippen molar-refractivity contribution in [3.63, 3.8) is 0 Å². The first kappa shape index (κ1) is 17.0. The summed E-state index contributed by atoms with van der Waals surface area (Å²) in [4.78, 5) is 16.7. The molecule has 1 atom stereocenters. The van der Waals surface area contributed by atoms with Crippen molar-refractivity contribution in [1.82, 2.24) is 10.2 Å². The number of carbonyl (C=O) groups is 1. The molecule has 0 aliphatic carbocycles. The Labute approximate surface area is 158 Å². The normalized spacial score (nSPS) is 19.5. The molecule has 1 fully saturated rings. The lowest BCUT2D eigenvalue weighted by Gasteiger charge is -2.37. The van der Waals surface area contributed by atoms with E-state index in [1.807, 2.05) is 41.3 Å². The minimum atomic E-state index is -0.0104. The summed E-state index contributed by atoms with van der Waals surface area (Å²) in [5.41, 5.74) is 2.25. The van der Waals surface area contributed by atoms with Gasteiger partial charge in [0, 0.05) is 36.9 Å². The Kier molecular flexibility index (Phi) is 4.89. The fraction of sp³-hybridized carbons (Fsp3) is 0.350. The standard InChI is InChI=1S/C20H22ClN3O2/c21-16-5-3-6-18(13-16)23-8-10-24(11-9-23)20(25)22-17-12-15-4-1-2-7-19(15)26-14-17/h1-7,13,17H,8-12,14H2,(H,22,25)/t17-/m0/s1. The van der Waals surface area contributed by atoms with Crippen molar-refractivity contribution < 1.29 is 9.53 Å². The smallest absolute Gasteiger partial charge is 0.317 e. The number of anilines is 1. The van der Waals surface area contributed by atoms with E-state index in [-0.39, 0.29) is 12.1 Å². The summed E-state index contributed by atoms with van der Waals surface area (Å²) in [5, 5.41) is 3.85. The Morgan fingerprint density at radius 1 is 1.08 bits per heavy atom. The van der Waals surface area contributed by atoms with Crippen LogP contribution >= 0.6 is 11.6 Å². The van der Waals surface area contributed by atoms with E-state index in [4.69, 9.17) is 16.3 Å². The number of ether oxygens (including phenoxy) is 1. The van der Waals surface area contributed by atoms with Gasteiger partial charge in [-0.15, -0.1) is 0 Å². The molecular formula is C20H22ClN3O2. The van der Waals surface area contributed by atoms with Crippen LogP contribution in [0.2, 0.25) is 5.02 Å². The maximum absolute atomic E-state index is 12.6. The number of nitrogens with one attached hydrogen (secondary N) is 1. The van der Waals surface area contributed by atoms with Crippen LogP contribution in [0.4, 0.5) is 10.5 Å². The lowest BCUT2D eigenvalue weighted by Crippen LogP contribution is -2.55. The number of hydrogen-bond donors (Lipinski definition) is 1. The van der Waals surface area contributed by atoms with Gasteiger partial charge in [0.2, 0.25) is 0 Å². The third-order valence-electron chi connectivity index (χ3n) is 4.95. The number of piperazine rings is 1. The fourth-order valence-corrected chi connectivity index (χ4v) is 3.71. The summed E-state index contributed by atoms with van der Waals surface area (Å²) >= 11 is 6.07. The van der Waals surface area contributed by atoms with Gasteiger partial charge in [-0.1, -0.05) is 35.9 Å². The summed E-state index contributed by atoms with van der Waals surface area (Å²) in [6.07, 6.45) is 0.810. The van der Waals surface area contributed by atoms with Crippen molar-refractivity contribution in [1.29, 1.82) is 0 Å². The van der Waals surface area contributed by atoms with Crippen molar-refractivity contribution in [2.24, 2.45) is 0 Å². The molecule has 1 saturated heterocycles. The van der Waals surface area contributed by atoms with Gasteiger partial charge in [-0.2, -0.15) is 0 Å². The van der Waals surface area contributed by atoms with Crippen LogP contribution in [0, 0.1) is 0 Å². The third kappa shape index (κ3) is 3.73. The molecule has 2 aliphatic heterocycles. The van der Waals surface area contributed by atoms with Gasteiger partial charge in [0.15, 0.2) is 0 Å². The average molecular weight is 372 g/mol. The van der Waals surface area contributed by atoms with E-state index in [9.17, 15) is 4.79 Å². The molecule has 4 rings (SSSR count). The monoisotopic (exact) mass is 371 g/mol. The molecule has 2 aromatic carbocycles. The summed E-state index contributed by atoms with van der Waals surface area (Å²) in [6, 6.07) is 15.9. The SMILES string of the molecule is O=C(N[C@@H]1COc2ccccc2C1)N1CCN(c2cccc(Cl)c2)CC1. The van der Waals surface area contributed by atoms with Gasteiger partial charge in [0.05, 0.1) is 6.04 Å². The zero-order valence-corrected chi connectivity index (χ0v) is 15.3. The molecule has 2 aromatic rings. The summed E-state index contributed by atoms with van der Waals surface area (Å²) in [5.74, 6) is 0.924. The molecule has 2 amide bonds. The highest BCUT2D eigenvalue weighted by atomic mass is 35.5. The Morgan fingerprint density at radius 2 is 1.88 bits per heavy atom. The number of hydrogen-bond acceptors (Lipinski definition) is 3. The fourth-order valence-electron chi connectivity index (χ4n) is 3.53. The zero-order valence-electron chi connectivity index (χ0n) is 14.5. The number of halogens is 1. The Bertz CT molecular complexity index is 790. The van der Waals surface area contributed by atoms with Crippen molar-refractivity contribution in [2.45, 2.75) is 12.5 Å². The van der Waals surface area contributed by atoms with Crippen LogP contribution in [-0.2, 0) is 6.42 Å². The second-order valence-corrected chi connectivity index (χ2v) is 7.16. The quantitative estimate of drug-likeness (QED) is 0.881. The number of nitrogens with zero attached hydrogens (tertiary/aromatic N) is 2. The van der Waals surface area contributed by atoms with Crippen molar-refractivity contribution in [3.8, 4) is 5.75 Å². The van der Waals surface area contributed by atoms with E-state index in [1.54, 1.807) is 0 Å². The van der Waals surface area contributed by atoms with Gasteiger partial charge < -0.3 is 19.9 Å². The third-order valence-corrected chi connectivity index (χ3v) is 5.18. The van der Waals surface area contributed by atoms with Gasteiger partial charge in [-0.25, -0.2) is 4.79 Å². The molecule has 2 heterocycles. The van der Waals surface area contributed by atoms with Gasteiger partial charge in [-0.3, -0.25) is 0 Å². The van der Waals surface area contributed by atoms with Crippen molar-refractivity contribution >= 4 is 23.3 Å². The van der Waals surface area contributed by atoms with Crippen LogP contribution in [0.3, 0.4) is 0 Å². The average Bonchev–Trinajstić information content (AvgIpc) is 2.68. The number of carbonyl (C=O) groups excluding carboxylic acids is 1. The molecule has 1 N–H and O–H groups in total. The van der Waals surface area contributed by atoms with E-state index >= 15 is 0 Å². The first-order valence-electron chi connectivity index (χ1n) is 8.96. The minimum Gasteiger partial charge on any atom is -0.491 e. The largest absolute Gasteiger partial charge is 0.491 e. The Balaban J connectivity index is 1.30. The van der Waals surface area contributed by atoms with Gasteiger partial charge >= 0.3 is 6.03 Å². The van der Waals surface area contributed by atoms with E-state index in [0.29, 0.717) is 19.7 Å². The van der Waals surface area contributed by atoms with Crippen LogP contribution in [-0.4, -0.2) is 49.8 Å². The Morgan fingerprint density at radius 3 is 2.69 bits per heavy atom. The van der Waals surface area contributed by atoms with Crippen LogP contribution in [0.1, 0.15) is 5.56 Å². The van der Waals surface area contributed by atoms with Crippen LogP contribution in [0.25, 0.3) is 0 Å². The summed E-state index contributed by atoms with van der Waals surface area (Å²) in [7, 11) is 0. The Hall–Kier alpha value is -2.40. The first-order chi connectivity index (χ1) is 12.7. The number of para-hydroxylation sites is 1. The number of fused-ring (bicyclic) bond motifs is 1. The van der Waals surface area contributed by atoms with E-state index in [1.165, 1.54) is 0 Å². The van der Waals surface area contributed by atoms with Crippen LogP contribution in [0.5, 0.6) is 5.75 Å². The van der Waals surface area contributed by atoms with Crippen LogP contribution in [0.15, 0.2) is 48.5 Å². The number of rotatable bonds is 2. The maximum Gasteiger partial charge on any atom is 0.317 e. The first-order valence-corrected chi connectivity index (χ1v) is 9.33. The van der Waals surface area contributed by atoms with Crippen molar-refractivity contribution in [3.05, 3.63) is 59.1 Å². The predicted octanol–water partition coefficient (Wildman–Crippen LogP) is 3.18.